The first-order valence-electron chi connectivity index (χ1n) is 23.5. The fraction of sp³-hybridized carbons (Fsp3) is 0.275. The van der Waals surface area contributed by atoms with E-state index in [4.69, 9.17) is 14.7 Å². The molecule has 1 aliphatic heterocycles. The van der Waals surface area contributed by atoms with Crippen LogP contribution in [-0.4, -0.2) is 146 Å². The smallest absolute Gasteiger partial charge is 0.336 e. The molecule has 6 rings (SSSR count). The van der Waals surface area contributed by atoms with Gasteiger partial charge in [0.05, 0.1) is 46.9 Å². The molecule has 0 atom stereocenters. The quantitative estimate of drug-likeness (QED) is 0.0302. The molecule has 0 radical (unpaired) electrons. The van der Waals surface area contributed by atoms with Crippen molar-refractivity contribution >= 4 is 83.6 Å². The van der Waals surface area contributed by atoms with Crippen LogP contribution in [0.5, 0.6) is 0 Å². The fourth-order valence-electron chi connectivity index (χ4n) is 8.04. The molecule has 0 unspecified atom stereocenters. The SMILES string of the molecule is CN=c1ccc2c(-c3ccc(C(=O)NCCCCCNC(=O)CN(CCN(CC(=O)O)CC(=O)Nc4ccc(S(N)(=O)=O)cc4)CC(=O)Nc4ccc(S(N)(=O)=O)cc4)cc3C(=O)O)c3ccc(N(C)C)cc3oc-2c1. The van der Waals surface area contributed by atoms with E-state index in [1.807, 2.05) is 49.3 Å². The van der Waals surface area contributed by atoms with Crippen molar-refractivity contribution in [3.63, 3.8) is 0 Å². The molecule has 25 heteroatoms. The van der Waals surface area contributed by atoms with Crippen LogP contribution in [0.15, 0.2) is 122 Å². The summed E-state index contributed by atoms with van der Waals surface area (Å²) in [6.45, 7) is -1.44. The van der Waals surface area contributed by atoms with E-state index < -0.39 is 68.7 Å². The maximum Gasteiger partial charge on any atom is 0.336 e. The van der Waals surface area contributed by atoms with Gasteiger partial charge in [0.1, 0.15) is 11.3 Å². The molecule has 402 valence electrons. The second kappa shape index (κ2) is 25.4. The van der Waals surface area contributed by atoms with Gasteiger partial charge in [-0.1, -0.05) is 6.07 Å². The molecule has 0 bridgehead atoms. The predicted molar refractivity (Wildman–Crippen MR) is 284 cm³/mol. The van der Waals surface area contributed by atoms with Crippen LogP contribution in [0.2, 0.25) is 0 Å². The van der Waals surface area contributed by atoms with Crippen LogP contribution >= 0.6 is 0 Å². The van der Waals surface area contributed by atoms with E-state index in [-0.39, 0.29) is 71.6 Å². The normalized spacial score (nSPS) is 12.0. The molecule has 1 aliphatic carbocycles. The molecule has 76 heavy (non-hydrogen) atoms. The molecule has 4 aromatic rings. The summed E-state index contributed by atoms with van der Waals surface area (Å²) in [6, 6.07) is 25.7. The Balaban J connectivity index is 1.04. The minimum Gasteiger partial charge on any atom is -0.480 e. The number of benzene rings is 5. The number of aliphatic carboxylic acids is 1. The number of carboxylic acid groups (broad SMARTS) is 2. The zero-order valence-corrected chi connectivity index (χ0v) is 43.4. The number of fused-ring (bicyclic) bond motifs is 2. The van der Waals surface area contributed by atoms with Crippen molar-refractivity contribution in [2.45, 2.75) is 29.1 Å². The molecule has 0 spiro atoms. The Morgan fingerprint density at radius 2 is 1.16 bits per heavy atom. The Morgan fingerprint density at radius 1 is 0.618 bits per heavy atom. The number of primary sulfonamides is 2. The number of amides is 4. The number of hydrogen-bond acceptors (Lipinski definition) is 15. The second-order valence-corrected chi connectivity index (χ2v) is 20.9. The van der Waals surface area contributed by atoms with Gasteiger partial charge in [0.2, 0.25) is 37.8 Å². The average molecular weight is 1080 g/mol. The zero-order chi connectivity index (χ0) is 55.3. The number of carbonyl (C=O) groups is 6. The van der Waals surface area contributed by atoms with E-state index >= 15 is 0 Å². The molecule has 0 fully saturated rings. The highest BCUT2D eigenvalue weighted by Gasteiger charge is 2.24. The van der Waals surface area contributed by atoms with Crippen LogP contribution in [0.1, 0.15) is 40.0 Å². The number of nitrogens with one attached hydrogen (secondary N) is 4. The number of rotatable bonds is 25. The standard InChI is InChI=1S/C51H58N10O13S2/c1-54-35-12-19-40-43(26-35)74-44-27-36(59(2)3)13-20-41(44)49(40)39-18-7-32(25-42(39)51(68)69)50(67)56-22-6-4-5-21-55-45(62)28-60(29-46(63)57-33-8-14-37(15-9-33)75(52,70)71)23-24-61(31-48(65)66)30-47(64)58-34-10-16-38(17-11-34)76(53,72)73/h7-20,25-27H,4-6,21-24,28-31H2,1-3H3,(H,55,62)(H,56,67)(H,57,63)(H,58,64)(H,65,66)(H,68,69)(H2,52,70,71)(H2,53,72,73). The highest BCUT2D eigenvalue weighted by Crippen LogP contribution is 2.42. The van der Waals surface area contributed by atoms with E-state index in [1.165, 1.54) is 64.4 Å². The van der Waals surface area contributed by atoms with E-state index in [0.717, 1.165) is 5.69 Å². The van der Waals surface area contributed by atoms with Crippen molar-refractivity contribution in [2.24, 2.45) is 15.3 Å². The third-order valence-electron chi connectivity index (χ3n) is 11.8. The number of sulfonamides is 2. The second-order valence-electron chi connectivity index (χ2n) is 17.7. The number of nitrogens with two attached hydrogens (primary N) is 2. The lowest BCUT2D eigenvalue weighted by Crippen LogP contribution is -2.46. The molecule has 4 amide bonds. The maximum absolute atomic E-state index is 13.4. The zero-order valence-electron chi connectivity index (χ0n) is 41.7. The van der Waals surface area contributed by atoms with Crippen LogP contribution in [0.3, 0.4) is 0 Å². The van der Waals surface area contributed by atoms with Gasteiger partial charge in [-0.15, -0.1) is 0 Å². The number of hydrogen-bond donors (Lipinski definition) is 8. The minimum atomic E-state index is -4.00. The average Bonchev–Trinajstić information content (AvgIpc) is 3.36. The van der Waals surface area contributed by atoms with Gasteiger partial charge < -0.3 is 40.8 Å². The topological polar surface area (TPSA) is 347 Å². The van der Waals surface area contributed by atoms with Crippen molar-refractivity contribution in [1.82, 2.24) is 20.4 Å². The van der Waals surface area contributed by atoms with E-state index in [2.05, 4.69) is 26.3 Å². The van der Waals surface area contributed by atoms with E-state index in [0.29, 0.717) is 58.0 Å². The van der Waals surface area contributed by atoms with E-state index in [1.54, 1.807) is 25.2 Å². The van der Waals surface area contributed by atoms with Gasteiger partial charge in [0.15, 0.2) is 0 Å². The summed E-state index contributed by atoms with van der Waals surface area (Å²) in [4.78, 5) is 85.9. The molecular weight excluding hydrogens is 1020 g/mol. The Bertz CT molecular complexity index is 3400. The summed E-state index contributed by atoms with van der Waals surface area (Å²) in [7, 11) is -2.52. The summed E-state index contributed by atoms with van der Waals surface area (Å²) in [5, 5.41) is 42.5. The summed E-state index contributed by atoms with van der Waals surface area (Å²) < 4.78 is 52.9. The lowest BCUT2D eigenvalue weighted by molar-refractivity contribution is -0.139. The highest BCUT2D eigenvalue weighted by atomic mass is 32.2. The van der Waals surface area contributed by atoms with Gasteiger partial charge in [0, 0.05) is 98.6 Å². The van der Waals surface area contributed by atoms with Gasteiger partial charge in [0.25, 0.3) is 5.91 Å². The van der Waals surface area contributed by atoms with Crippen molar-refractivity contribution in [3.8, 4) is 22.5 Å². The van der Waals surface area contributed by atoms with Gasteiger partial charge >= 0.3 is 11.9 Å². The van der Waals surface area contributed by atoms with Crippen molar-refractivity contribution in [1.29, 1.82) is 0 Å². The molecular formula is C51H58N10O13S2. The van der Waals surface area contributed by atoms with Crippen molar-refractivity contribution < 1.29 is 60.2 Å². The van der Waals surface area contributed by atoms with E-state index in [9.17, 15) is 55.8 Å². The predicted octanol–water partition coefficient (Wildman–Crippen LogP) is 2.78. The minimum absolute atomic E-state index is 0.0734. The number of carboxylic acids is 2. The number of unbranched alkanes of at least 4 members (excludes halogenated alkanes) is 2. The Hall–Kier alpha value is -8.07. The fourth-order valence-corrected chi connectivity index (χ4v) is 9.07. The molecule has 0 saturated heterocycles. The summed E-state index contributed by atoms with van der Waals surface area (Å²) in [6.07, 6.45) is 1.58. The third-order valence-corrected chi connectivity index (χ3v) is 13.7. The van der Waals surface area contributed by atoms with Crippen LogP contribution in [0.4, 0.5) is 17.1 Å². The molecule has 10 N–H and O–H groups in total. The van der Waals surface area contributed by atoms with Crippen LogP contribution in [0.25, 0.3) is 33.4 Å². The third kappa shape index (κ3) is 16.0. The van der Waals surface area contributed by atoms with Crippen molar-refractivity contribution in [2.75, 3.05) is 89.0 Å². The van der Waals surface area contributed by atoms with Gasteiger partial charge in [-0.05, 0) is 110 Å². The molecule has 0 aromatic heterocycles. The van der Waals surface area contributed by atoms with Crippen LogP contribution in [-0.2, 0) is 39.2 Å². The molecule has 4 aromatic carbocycles. The first-order valence-corrected chi connectivity index (χ1v) is 26.6. The summed E-state index contributed by atoms with van der Waals surface area (Å²) in [5.74, 6) is -4.18. The lowest BCUT2D eigenvalue weighted by Gasteiger charge is -2.26. The molecule has 23 nitrogen and oxygen atoms in total. The van der Waals surface area contributed by atoms with Crippen molar-refractivity contribution in [3.05, 3.63) is 120 Å². The first-order chi connectivity index (χ1) is 36.0. The first kappa shape index (κ1) is 57.2. The molecule has 0 saturated carbocycles. The number of anilines is 3. The van der Waals surface area contributed by atoms with Crippen LogP contribution in [0, 0.1) is 0 Å². The largest absolute Gasteiger partial charge is 0.480 e. The van der Waals surface area contributed by atoms with Gasteiger partial charge in [-0.2, -0.15) is 0 Å². The number of nitrogens with zero attached hydrogens (tertiary/aromatic N) is 4. The summed E-state index contributed by atoms with van der Waals surface area (Å²) >= 11 is 0. The Labute approximate surface area is 438 Å². The summed E-state index contributed by atoms with van der Waals surface area (Å²) in [5.41, 5.74) is 3.62. The van der Waals surface area contributed by atoms with Crippen LogP contribution < -0.4 is 41.8 Å². The Morgan fingerprint density at radius 3 is 1.68 bits per heavy atom. The molecule has 1 heterocycles. The van der Waals surface area contributed by atoms with Gasteiger partial charge in [-0.25, -0.2) is 31.9 Å². The molecule has 2 aliphatic rings. The monoisotopic (exact) mass is 1080 g/mol. The lowest BCUT2D eigenvalue weighted by atomic mass is 9.89. The highest BCUT2D eigenvalue weighted by molar-refractivity contribution is 7.89. The number of aromatic carboxylic acids is 1. The number of carbonyl (C=O) groups excluding carboxylic acids is 4. The Kier molecular flexibility index (Phi) is 19.2. The maximum atomic E-state index is 13.4. The van der Waals surface area contributed by atoms with Gasteiger partial charge in [-0.3, -0.25) is 38.8 Å².